The molecule has 0 atom stereocenters. The highest BCUT2D eigenvalue weighted by Gasteiger charge is 2.35. The van der Waals surface area contributed by atoms with Crippen molar-refractivity contribution in [2.75, 3.05) is 6.54 Å². The molecule has 6 heteroatoms. The minimum Gasteiger partial charge on any atom is -0.506 e. The van der Waals surface area contributed by atoms with Crippen LogP contribution in [0, 0.1) is 5.92 Å². The summed E-state index contributed by atoms with van der Waals surface area (Å²) in [7, 11) is 0. The molecule has 19 heavy (non-hydrogen) atoms. The monoisotopic (exact) mass is 266 g/mol. The molecule has 1 aliphatic carbocycles. The number of pyridine rings is 1. The van der Waals surface area contributed by atoms with Crippen LogP contribution >= 0.6 is 0 Å². The van der Waals surface area contributed by atoms with Gasteiger partial charge < -0.3 is 20.6 Å². The molecular formula is C13H18N2O4. The maximum absolute atomic E-state index is 10.5. The van der Waals surface area contributed by atoms with Crippen LogP contribution in [0.15, 0.2) is 18.3 Å². The van der Waals surface area contributed by atoms with Crippen molar-refractivity contribution in [3.8, 4) is 5.75 Å². The van der Waals surface area contributed by atoms with E-state index in [0.29, 0.717) is 25.1 Å². The lowest BCUT2D eigenvalue weighted by Gasteiger charge is -2.35. The highest BCUT2D eigenvalue weighted by atomic mass is 16.4. The molecule has 1 saturated carbocycles. The van der Waals surface area contributed by atoms with E-state index in [1.165, 1.54) is 12.3 Å². The number of aromatic hydroxyl groups is 1. The first kappa shape index (κ1) is 13.6. The van der Waals surface area contributed by atoms with Crippen LogP contribution in [0.4, 0.5) is 4.79 Å². The third-order valence-electron chi connectivity index (χ3n) is 3.70. The maximum atomic E-state index is 10.5. The molecule has 104 valence electrons. The van der Waals surface area contributed by atoms with E-state index in [0.717, 1.165) is 12.8 Å². The second-order valence-electron chi connectivity index (χ2n) is 5.06. The largest absolute Gasteiger partial charge is 0.506 e. The van der Waals surface area contributed by atoms with Crippen molar-refractivity contribution in [2.45, 2.75) is 31.3 Å². The van der Waals surface area contributed by atoms with E-state index in [9.17, 15) is 15.0 Å². The van der Waals surface area contributed by atoms with E-state index >= 15 is 0 Å². The second-order valence-corrected chi connectivity index (χ2v) is 5.06. The van der Waals surface area contributed by atoms with Crippen LogP contribution in [0.1, 0.15) is 31.4 Å². The average molecular weight is 266 g/mol. The summed E-state index contributed by atoms with van der Waals surface area (Å²) in [4.78, 5) is 14.5. The van der Waals surface area contributed by atoms with Crippen molar-refractivity contribution in [1.82, 2.24) is 10.3 Å². The first-order valence-corrected chi connectivity index (χ1v) is 6.34. The van der Waals surface area contributed by atoms with Gasteiger partial charge in [-0.15, -0.1) is 0 Å². The van der Waals surface area contributed by atoms with Crippen LogP contribution in [0.25, 0.3) is 0 Å². The van der Waals surface area contributed by atoms with E-state index in [1.54, 1.807) is 6.07 Å². The van der Waals surface area contributed by atoms with Crippen molar-refractivity contribution >= 4 is 6.09 Å². The Morgan fingerprint density at radius 1 is 1.42 bits per heavy atom. The predicted molar refractivity (Wildman–Crippen MR) is 67.8 cm³/mol. The molecule has 0 radical (unpaired) electrons. The Morgan fingerprint density at radius 2 is 2.11 bits per heavy atom. The van der Waals surface area contributed by atoms with Gasteiger partial charge in [0.1, 0.15) is 11.4 Å². The molecule has 0 saturated heterocycles. The van der Waals surface area contributed by atoms with Gasteiger partial charge in [0.25, 0.3) is 0 Å². The Bertz CT molecular complexity index is 438. The summed E-state index contributed by atoms with van der Waals surface area (Å²) < 4.78 is 0. The highest BCUT2D eigenvalue weighted by molar-refractivity contribution is 5.64. The molecular weight excluding hydrogens is 248 g/mol. The third-order valence-corrected chi connectivity index (χ3v) is 3.70. The van der Waals surface area contributed by atoms with Crippen molar-refractivity contribution < 1.29 is 20.1 Å². The van der Waals surface area contributed by atoms with Crippen LogP contribution in [0.2, 0.25) is 0 Å². The smallest absolute Gasteiger partial charge is 0.404 e. The Labute approximate surface area is 111 Å². The van der Waals surface area contributed by atoms with Gasteiger partial charge >= 0.3 is 6.09 Å². The molecule has 1 aromatic heterocycles. The quantitative estimate of drug-likeness (QED) is 0.662. The van der Waals surface area contributed by atoms with Gasteiger partial charge in [-0.3, -0.25) is 4.98 Å². The molecule has 0 spiro atoms. The molecule has 0 unspecified atom stereocenters. The van der Waals surface area contributed by atoms with Crippen LogP contribution in [-0.4, -0.2) is 32.9 Å². The molecule has 0 aliphatic heterocycles. The molecule has 6 nitrogen and oxygen atoms in total. The summed E-state index contributed by atoms with van der Waals surface area (Å²) in [5.74, 6) is 0.334. The van der Waals surface area contributed by atoms with Gasteiger partial charge in [-0.2, -0.15) is 0 Å². The van der Waals surface area contributed by atoms with Gasteiger partial charge in [-0.05, 0) is 43.7 Å². The number of nitrogens with zero attached hydrogens (tertiary/aromatic N) is 1. The lowest BCUT2D eigenvalue weighted by atomic mass is 9.77. The summed E-state index contributed by atoms with van der Waals surface area (Å²) in [6.07, 6.45) is 2.92. The fourth-order valence-corrected chi connectivity index (χ4v) is 2.51. The highest BCUT2D eigenvalue weighted by Crippen LogP contribution is 2.38. The third kappa shape index (κ3) is 3.35. The van der Waals surface area contributed by atoms with Gasteiger partial charge in [0.15, 0.2) is 0 Å². The number of carbonyl (C=O) groups is 1. The van der Waals surface area contributed by atoms with Crippen LogP contribution < -0.4 is 5.32 Å². The topological polar surface area (TPSA) is 103 Å². The molecule has 2 rings (SSSR count). The molecule has 1 aromatic rings. The zero-order valence-electron chi connectivity index (χ0n) is 10.5. The van der Waals surface area contributed by atoms with Gasteiger partial charge in [0.05, 0.1) is 11.9 Å². The van der Waals surface area contributed by atoms with Crippen molar-refractivity contribution in [1.29, 1.82) is 0 Å². The van der Waals surface area contributed by atoms with E-state index in [2.05, 4.69) is 10.3 Å². The maximum Gasteiger partial charge on any atom is 0.404 e. The molecule has 1 heterocycles. The number of hydrogen-bond donors (Lipinski definition) is 4. The molecule has 1 amide bonds. The Balaban J connectivity index is 1.94. The number of aromatic nitrogens is 1. The van der Waals surface area contributed by atoms with Crippen molar-refractivity contribution in [2.24, 2.45) is 5.92 Å². The predicted octanol–water partition coefficient (Wildman–Crippen LogP) is 1.43. The van der Waals surface area contributed by atoms with Crippen LogP contribution in [-0.2, 0) is 5.60 Å². The fraction of sp³-hybridized carbons (Fsp3) is 0.538. The van der Waals surface area contributed by atoms with Gasteiger partial charge in [-0.1, -0.05) is 0 Å². The summed E-state index contributed by atoms with van der Waals surface area (Å²) in [6.45, 7) is 0.425. The molecule has 0 aromatic carbocycles. The summed E-state index contributed by atoms with van der Waals surface area (Å²) in [5, 5.41) is 30.7. The first-order chi connectivity index (χ1) is 8.99. The number of amides is 1. The zero-order chi connectivity index (χ0) is 13.9. The number of hydrogen-bond acceptors (Lipinski definition) is 4. The number of carboxylic acid groups (broad SMARTS) is 1. The van der Waals surface area contributed by atoms with Gasteiger partial charge in [0.2, 0.25) is 0 Å². The average Bonchev–Trinajstić information content (AvgIpc) is 2.39. The summed E-state index contributed by atoms with van der Waals surface area (Å²) in [5.41, 5.74) is -0.400. The number of nitrogens with one attached hydrogen (secondary N) is 1. The van der Waals surface area contributed by atoms with E-state index < -0.39 is 11.7 Å². The Hall–Kier alpha value is -1.82. The standard InChI is InChI=1S/C13H18N2O4/c16-10-1-2-11(14-8-10)13(19)5-3-9(4-6-13)7-15-12(17)18/h1-2,8-9,15-16,19H,3-7H2,(H,17,18)/t9-,13+. The second kappa shape index (κ2) is 5.44. The minimum atomic E-state index is -1.01. The van der Waals surface area contributed by atoms with Crippen molar-refractivity contribution in [3.63, 3.8) is 0 Å². The summed E-state index contributed by atoms with van der Waals surface area (Å²) in [6, 6.07) is 3.14. The first-order valence-electron chi connectivity index (χ1n) is 6.34. The van der Waals surface area contributed by atoms with E-state index in [1.807, 2.05) is 0 Å². The van der Waals surface area contributed by atoms with Crippen molar-refractivity contribution in [3.05, 3.63) is 24.0 Å². The van der Waals surface area contributed by atoms with Gasteiger partial charge in [-0.25, -0.2) is 4.79 Å². The van der Waals surface area contributed by atoms with Crippen LogP contribution in [0.3, 0.4) is 0 Å². The molecule has 1 fully saturated rings. The van der Waals surface area contributed by atoms with E-state index in [-0.39, 0.29) is 11.7 Å². The van der Waals surface area contributed by atoms with Gasteiger partial charge in [0, 0.05) is 6.54 Å². The minimum absolute atomic E-state index is 0.0756. The molecule has 1 aliphatic rings. The lowest BCUT2D eigenvalue weighted by molar-refractivity contribution is -0.0175. The summed E-state index contributed by atoms with van der Waals surface area (Å²) >= 11 is 0. The van der Waals surface area contributed by atoms with E-state index in [4.69, 9.17) is 5.11 Å². The number of aliphatic hydroxyl groups is 1. The fourth-order valence-electron chi connectivity index (χ4n) is 2.51. The van der Waals surface area contributed by atoms with Crippen LogP contribution in [0.5, 0.6) is 5.75 Å². The number of rotatable bonds is 3. The lowest BCUT2D eigenvalue weighted by Crippen LogP contribution is -2.36. The normalized spacial score (nSPS) is 26.9. The Morgan fingerprint density at radius 3 is 2.63 bits per heavy atom. The molecule has 0 bridgehead atoms. The SMILES string of the molecule is O=C(O)NC[C@H]1CC[C@](O)(c2ccc(O)cn2)CC1. The Kier molecular flexibility index (Phi) is 3.90. The molecule has 4 N–H and O–H groups in total. The zero-order valence-corrected chi connectivity index (χ0v) is 10.5.